The molecule has 0 aliphatic carbocycles. The number of nitrogens with one attached hydrogen (secondary N) is 2. The van der Waals surface area contributed by atoms with Crippen molar-refractivity contribution in [1.82, 2.24) is 14.8 Å². The fraction of sp³-hybridized carbons (Fsp3) is 0.250. The van der Waals surface area contributed by atoms with E-state index in [0.29, 0.717) is 17.1 Å². The van der Waals surface area contributed by atoms with Crippen LogP contribution in [-0.4, -0.2) is 26.5 Å². The molecule has 0 aromatic carbocycles. The molecular formula is C12H14N4O2. The van der Waals surface area contributed by atoms with Gasteiger partial charge in [-0.25, -0.2) is 0 Å². The Balaban J connectivity index is 2.21. The molecule has 2 heterocycles. The van der Waals surface area contributed by atoms with Crippen molar-refractivity contribution in [2.75, 3.05) is 5.32 Å². The molecule has 0 aliphatic rings. The number of H-pyrrole nitrogens is 1. The summed E-state index contributed by atoms with van der Waals surface area (Å²) >= 11 is 0. The molecule has 0 saturated carbocycles. The van der Waals surface area contributed by atoms with Crippen LogP contribution >= 0.6 is 0 Å². The van der Waals surface area contributed by atoms with Crippen LogP contribution in [0.4, 0.5) is 5.82 Å². The molecule has 6 nitrogen and oxygen atoms in total. The van der Waals surface area contributed by atoms with E-state index in [1.807, 2.05) is 6.92 Å². The van der Waals surface area contributed by atoms with Gasteiger partial charge in [-0.3, -0.25) is 14.7 Å². The minimum absolute atomic E-state index is 0.0692. The molecule has 2 N–H and O–H groups in total. The van der Waals surface area contributed by atoms with Crippen LogP contribution in [0.1, 0.15) is 33.5 Å². The molecule has 0 spiro atoms. The first-order valence-electron chi connectivity index (χ1n) is 5.48. The molecule has 2 aromatic rings. The van der Waals surface area contributed by atoms with E-state index < -0.39 is 0 Å². The van der Waals surface area contributed by atoms with E-state index in [2.05, 4.69) is 15.5 Å². The summed E-state index contributed by atoms with van der Waals surface area (Å²) in [5.74, 6) is 0.0971. The highest BCUT2D eigenvalue weighted by molar-refractivity contribution is 6.05. The molecule has 6 heteroatoms. The van der Waals surface area contributed by atoms with Gasteiger partial charge >= 0.3 is 0 Å². The van der Waals surface area contributed by atoms with Crippen LogP contribution in [0.2, 0.25) is 0 Å². The van der Waals surface area contributed by atoms with Crippen LogP contribution in [0.15, 0.2) is 18.3 Å². The zero-order valence-electron chi connectivity index (χ0n) is 10.4. The number of carbonyl (C=O) groups is 2. The smallest absolute Gasteiger partial charge is 0.273 e. The van der Waals surface area contributed by atoms with Crippen molar-refractivity contribution in [3.8, 4) is 0 Å². The van der Waals surface area contributed by atoms with E-state index in [0.717, 1.165) is 5.69 Å². The maximum atomic E-state index is 12.0. The summed E-state index contributed by atoms with van der Waals surface area (Å²) in [6.45, 7) is 3.31. The van der Waals surface area contributed by atoms with Crippen molar-refractivity contribution in [1.29, 1.82) is 0 Å². The highest BCUT2D eigenvalue weighted by atomic mass is 16.2. The van der Waals surface area contributed by atoms with Gasteiger partial charge in [-0.15, -0.1) is 0 Å². The van der Waals surface area contributed by atoms with Gasteiger partial charge in [-0.2, -0.15) is 5.10 Å². The van der Waals surface area contributed by atoms with E-state index in [1.165, 1.54) is 6.92 Å². The Kier molecular flexibility index (Phi) is 3.01. The average Bonchev–Trinajstić information content (AvgIpc) is 2.85. The summed E-state index contributed by atoms with van der Waals surface area (Å²) in [6.07, 6.45) is 1.63. The van der Waals surface area contributed by atoms with E-state index in [9.17, 15) is 9.59 Å². The predicted molar refractivity (Wildman–Crippen MR) is 66.7 cm³/mol. The normalized spacial score (nSPS) is 10.4. The van der Waals surface area contributed by atoms with Gasteiger partial charge in [0.25, 0.3) is 5.91 Å². The van der Waals surface area contributed by atoms with Crippen LogP contribution in [-0.2, 0) is 7.05 Å². The molecule has 18 heavy (non-hydrogen) atoms. The molecule has 0 fully saturated rings. The second kappa shape index (κ2) is 4.48. The lowest BCUT2D eigenvalue weighted by Crippen LogP contribution is -2.15. The molecule has 94 valence electrons. The molecule has 0 atom stereocenters. The summed E-state index contributed by atoms with van der Waals surface area (Å²) in [4.78, 5) is 23.2. The monoisotopic (exact) mass is 246 g/mol. The quantitative estimate of drug-likeness (QED) is 0.805. The van der Waals surface area contributed by atoms with Crippen molar-refractivity contribution in [2.45, 2.75) is 13.8 Å². The summed E-state index contributed by atoms with van der Waals surface area (Å²) in [5.41, 5.74) is 1.79. The van der Waals surface area contributed by atoms with E-state index >= 15 is 0 Å². The number of Topliss-reactive ketones (excluding diaryl/α,β-unsaturated/α-hetero) is 1. The van der Waals surface area contributed by atoms with Gasteiger partial charge in [0, 0.05) is 30.6 Å². The van der Waals surface area contributed by atoms with Crippen molar-refractivity contribution < 1.29 is 9.59 Å². The van der Waals surface area contributed by atoms with E-state index in [1.54, 1.807) is 29.9 Å². The molecule has 1 amide bonds. The first-order chi connectivity index (χ1) is 8.47. The van der Waals surface area contributed by atoms with E-state index in [4.69, 9.17) is 0 Å². The van der Waals surface area contributed by atoms with Crippen molar-refractivity contribution in [3.63, 3.8) is 0 Å². The van der Waals surface area contributed by atoms with Gasteiger partial charge in [0.1, 0.15) is 5.69 Å². The maximum absolute atomic E-state index is 12.0. The number of rotatable bonds is 3. The third kappa shape index (κ3) is 2.32. The highest BCUT2D eigenvalue weighted by Crippen LogP contribution is 2.11. The minimum Gasteiger partial charge on any atom is -0.346 e. The molecular weight excluding hydrogens is 232 g/mol. The van der Waals surface area contributed by atoms with Gasteiger partial charge < -0.3 is 9.88 Å². The average molecular weight is 246 g/mol. The summed E-state index contributed by atoms with van der Waals surface area (Å²) in [6, 6.07) is 3.30. The Morgan fingerprint density at radius 3 is 2.61 bits per heavy atom. The number of ketones is 1. The topological polar surface area (TPSA) is 79.8 Å². The Morgan fingerprint density at radius 1 is 1.39 bits per heavy atom. The summed E-state index contributed by atoms with van der Waals surface area (Å²) in [5, 5.41) is 9.32. The maximum Gasteiger partial charge on any atom is 0.273 e. The van der Waals surface area contributed by atoms with Crippen molar-refractivity contribution >= 4 is 17.5 Å². The predicted octanol–water partition coefficient (Wildman–Crippen LogP) is 1.51. The number of aromatic amines is 1. The number of nitrogens with zero attached hydrogens (tertiary/aromatic N) is 2. The van der Waals surface area contributed by atoms with Crippen LogP contribution < -0.4 is 5.32 Å². The fourth-order valence-corrected chi connectivity index (χ4v) is 1.65. The molecule has 0 bridgehead atoms. The number of amides is 1. The van der Waals surface area contributed by atoms with Crippen LogP contribution in [0.3, 0.4) is 0 Å². The zero-order chi connectivity index (χ0) is 13.3. The minimum atomic E-state index is -0.295. The fourth-order valence-electron chi connectivity index (χ4n) is 1.65. The third-order valence-corrected chi connectivity index (χ3v) is 2.59. The Labute approximate surface area is 104 Å². The molecule has 2 rings (SSSR count). The number of carbonyl (C=O) groups excluding carboxylic acids is 2. The first-order valence-corrected chi connectivity index (χ1v) is 5.48. The highest BCUT2D eigenvalue weighted by Gasteiger charge is 2.14. The van der Waals surface area contributed by atoms with Gasteiger partial charge in [0.15, 0.2) is 11.6 Å². The lowest BCUT2D eigenvalue weighted by Gasteiger charge is -2.02. The Hall–Kier alpha value is -2.37. The number of anilines is 1. The number of hydrogen-bond acceptors (Lipinski definition) is 3. The second-order valence-electron chi connectivity index (χ2n) is 4.17. The van der Waals surface area contributed by atoms with Gasteiger partial charge in [0.2, 0.25) is 0 Å². The number of hydrogen-bond donors (Lipinski definition) is 2. The number of aryl methyl sites for hydroxylation is 2. The molecule has 0 unspecified atom stereocenters. The molecule has 0 aliphatic heterocycles. The van der Waals surface area contributed by atoms with Crippen molar-refractivity contribution in [2.24, 2.45) is 7.05 Å². The standard InChI is InChI=1S/C12H14N4O2/c1-7-4-11(15-14-7)13-12(18)10-5-9(8(2)17)6-16(10)3/h4-6H,1-3H3,(H2,13,14,15,18). The summed E-state index contributed by atoms with van der Waals surface area (Å²) in [7, 11) is 1.72. The lowest BCUT2D eigenvalue weighted by molar-refractivity contribution is 0.101. The van der Waals surface area contributed by atoms with Crippen molar-refractivity contribution in [3.05, 3.63) is 35.3 Å². The lowest BCUT2D eigenvalue weighted by atomic mass is 10.2. The van der Waals surface area contributed by atoms with Gasteiger partial charge in [0.05, 0.1) is 0 Å². The molecule has 0 saturated heterocycles. The Morgan fingerprint density at radius 2 is 2.11 bits per heavy atom. The van der Waals surface area contributed by atoms with Crippen LogP contribution in [0.5, 0.6) is 0 Å². The SMILES string of the molecule is CC(=O)c1cc(C(=O)Nc2cc(C)[nH]n2)n(C)c1. The largest absolute Gasteiger partial charge is 0.346 e. The van der Waals surface area contributed by atoms with Gasteiger partial charge in [-0.05, 0) is 19.9 Å². The molecule has 2 aromatic heterocycles. The van der Waals surface area contributed by atoms with Crippen LogP contribution in [0.25, 0.3) is 0 Å². The van der Waals surface area contributed by atoms with Crippen LogP contribution in [0, 0.1) is 6.92 Å². The number of aromatic nitrogens is 3. The first kappa shape index (κ1) is 12.1. The zero-order valence-corrected chi connectivity index (χ0v) is 10.4. The second-order valence-corrected chi connectivity index (χ2v) is 4.17. The molecule has 0 radical (unpaired) electrons. The summed E-state index contributed by atoms with van der Waals surface area (Å²) < 4.78 is 1.62. The third-order valence-electron chi connectivity index (χ3n) is 2.59. The Bertz CT molecular complexity index is 609. The van der Waals surface area contributed by atoms with Gasteiger partial charge in [-0.1, -0.05) is 0 Å². The van der Waals surface area contributed by atoms with E-state index in [-0.39, 0.29) is 11.7 Å².